The second-order valence-electron chi connectivity index (χ2n) is 5.90. The molecule has 0 spiro atoms. The maximum Gasteiger partial charge on any atom is 0.335 e. The van der Waals surface area contributed by atoms with Crippen LogP contribution in [0.25, 0.3) is 0 Å². The average Bonchev–Trinajstić information content (AvgIpc) is 2.82. The van der Waals surface area contributed by atoms with E-state index in [0.717, 1.165) is 19.3 Å². The van der Waals surface area contributed by atoms with Gasteiger partial charge in [-0.05, 0) is 26.2 Å². The molecular weight excluding hydrogens is 262 g/mol. The average molecular weight is 285 g/mol. The van der Waals surface area contributed by atoms with E-state index < -0.39 is 11.6 Å². The van der Waals surface area contributed by atoms with Gasteiger partial charge >= 0.3 is 5.97 Å². The lowest BCUT2D eigenvalue weighted by Crippen LogP contribution is -2.50. The van der Waals surface area contributed by atoms with Gasteiger partial charge in [-0.1, -0.05) is 0 Å². The van der Waals surface area contributed by atoms with Crippen LogP contribution in [0.2, 0.25) is 0 Å². The van der Waals surface area contributed by atoms with Gasteiger partial charge in [0.05, 0.1) is 12.2 Å². The van der Waals surface area contributed by atoms with Crippen molar-refractivity contribution >= 4 is 11.9 Å². The molecule has 0 unspecified atom stereocenters. The Morgan fingerprint density at radius 3 is 2.45 bits per heavy atom. The highest BCUT2D eigenvalue weighted by Gasteiger charge is 2.40. The first-order valence-corrected chi connectivity index (χ1v) is 7.30. The van der Waals surface area contributed by atoms with Crippen molar-refractivity contribution in [2.75, 3.05) is 13.1 Å². The lowest BCUT2D eigenvalue weighted by atomic mass is 9.91. The number of piperidine rings is 1. The van der Waals surface area contributed by atoms with Crippen LogP contribution in [0, 0.1) is 0 Å². The van der Waals surface area contributed by atoms with E-state index in [-0.39, 0.29) is 31.0 Å². The zero-order valence-electron chi connectivity index (χ0n) is 11.9. The summed E-state index contributed by atoms with van der Waals surface area (Å²) in [6.07, 6.45) is 3.88. The SMILES string of the molecule is C[C@@H]1CC[C@H](CCC(=O)N2CCC(O)(C(=O)O)CC2)O1. The first-order chi connectivity index (χ1) is 9.40. The number of hydrogen-bond donors (Lipinski definition) is 2. The van der Waals surface area contributed by atoms with Crippen LogP contribution in [0.3, 0.4) is 0 Å². The van der Waals surface area contributed by atoms with Crippen molar-refractivity contribution in [3.63, 3.8) is 0 Å². The van der Waals surface area contributed by atoms with Gasteiger partial charge in [0.25, 0.3) is 0 Å². The zero-order valence-corrected chi connectivity index (χ0v) is 11.9. The fourth-order valence-corrected chi connectivity index (χ4v) is 2.88. The van der Waals surface area contributed by atoms with Crippen molar-refractivity contribution < 1.29 is 24.5 Å². The molecule has 2 aliphatic heterocycles. The standard InChI is InChI=1S/C14H23NO5/c1-10-2-3-11(20-10)4-5-12(16)15-8-6-14(19,7-9-15)13(17)18/h10-11,19H,2-9H2,1H3,(H,17,18)/t10-,11-/m1/s1. The molecule has 0 saturated carbocycles. The van der Waals surface area contributed by atoms with E-state index in [4.69, 9.17) is 9.84 Å². The zero-order chi connectivity index (χ0) is 14.8. The number of carbonyl (C=O) groups is 2. The van der Waals surface area contributed by atoms with Crippen molar-refractivity contribution in [3.05, 3.63) is 0 Å². The number of amides is 1. The summed E-state index contributed by atoms with van der Waals surface area (Å²) in [5.74, 6) is -1.17. The summed E-state index contributed by atoms with van der Waals surface area (Å²) in [5, 5.41) is 18.7. The van der Waals surface area contributed by atoms with Gasteiger partial charge < -0.3 is 19.8 Å². The molecule has 2 fully saturated rings. The van der Waals surface area contributed by atoms with Gasteiger partial charge in [-0.2, -0.15) is 0 Å². The topological polar surface area (TPSA) is 87.1 Å². The number of carboxylic acids is 1. The van der Waals surface area contributed by atoms with Crippen LogP contribution in [0.5, 0.6) is 0 Å². The van der Waals surface area contributed by atoms with Gasteiger partial charge in [-0.3, -0.25) is 4.79 Å². The highest BCUT2D eigenvalue weighted by molar-refractivity contribution is 5.79. The number of rotatable bonds is 4. The Balaban J connectivity index is 1.73. The lowest BCUT2D eigenvalue weighted by molar-refractivity contribution is -0.165. The number of carbonyl (C=O) groups excluding carboxylic acids is 1. The van der Waals surface area contributed by atoms with E-state index in [9.17, 15) is 14.7 Å². The van der Waals surface area contributed by atoms with Gasteiger partial charge in [0, 0.05) is 32.4 Å². The van der Waals surface area contributed by atoms with Crippen molar-refractivity contribution in [1.29, 1.82) is 0 Å². The number of hydrogen-bond acceptors (Lipinski definition) is 4. The molecule has 0 bridgehead atoms. The summed E-state index contributed by atoms with van der Waals surface area (Å²) in [6.45, 7) is 2.66. The van der Waals surface area contributed by atoms with Gasteiger partial charge in [-0.25, -0.2) is 4.79 Å². The molecular formula is C14H23NO5. The molecule has 6 heteroatoms. The third kappa shape index (κ3) is 3.49. The molecule has 6 nitrogen and oxygen atoms in total. The number of carboxylic acid groups (broad SMARTS) is 1. The molecule has 2 heterocycles. The minimum absolute atomic E-state index is 0.0283. The van der Waals surface area contributed by atoms with E-state index in [0.29, 0.717) is 19.5 Å². The normalized spacial score (nSPS) is 29.4. The predicted octanol–water partition coefficient (Wildman–Crippen LogP) is 0.772. The van der Waals surface area contributed by atoms with Crippen LogP contribution in [0.15, 0.2) is 0 Å². The Kier molecular flexibility index (Phi) is 4.65. The molecule has 20 heavy (non-hydrogen) atoms. The Morgan fingerprint density at radius 2 is 1.95 bits per heavy atom. The summed E-state index contributed by atoms with van der Waals surface area (Å²) in [4.78, 5) is 24.6. The second kappa shape index (κ2) is 6.10. The molecule has 2 aliphatic rings. The molecule has 2 N–H and O–H groups in total. The van der Waals surface area contributed by atoms with Crippen LogP contribution in [-0.2, 0) is 14.3 Å². The predicted molar refractivity (Wildman–Crippen MR) is 71.2 cm³/mol. The van der Waals surface area contributed by atoms with E-state index in [1.807, 2.05) is 6.92 Å². The van der Waals surface area contributed by atoms with Crippen molar-refractivity contribution in [2.45, 2.75) is 63.3 Å². The first-order valence-electron chi connectivity index (χ1n) is 7.30. The molecule has 0 aliphatic carbocycles. The number of aliphatic carboxylic acids is 1. The summed E-state index contributed by atoms with van der Waals surface area (Å²) < 4.78 is 5.68. The van der Waals surface area contributed by atoms with Crippen molar-refractivity contribution in [3.8, 4) is 0 Å². The minimum Gasteiger partial charge on any atom is -0.479 e. The fourth-order valence-electron chi connectivity index (χ4n) is 2.88. The van der Waals surface area contributed by atoms with Crippen LogP contribution in [0.1, 0.15) is 45.4 Å². The van der Waals surface area contributed by atoms with E-state index in [1.54, 1.807) is 4.90 Å². The molecule has 0 aromatic carbocycles. The molecule has 1 amide bonds. The molecule has 0 aromatic rings. The second-order valence-corrected chi connectivity index (χ2v) is 5.90. The Bertz CT molecular complexity index is 376. The third-order valence-electron chi connectivity index (χ3n) is 4.34. The lowest BCUT2D eigenvalue weighted by Gasteiger charge is -2.35. The van der Waals surface area contributed by atoms with Gasteiger partial charge in [-0.15, -0.1) is 0 Å². The molecule has 0 radical (unpaired) electrons. The summed E-state index contributed by atoms with van der Waals surface area (Å²) in [5.41, 5.74) is -1.67. The molecule has 2 atom stereocenters. The van der Waals surface area contributed by atoms with Crippen LogP contribution in [-0.4, -0.2) is 57.9 Å². The van der Waals surface area contributed by atoms with Crippen LogP contribution >= 0.6 is 0 Å². The maximum absolute atomic E-state index is 12.1. The fraction of sp³-hybridized carbons (Fsp3) is 0.857. The Labute approximate surface area is 118 Å². The first kappa shape index (κ1) is 15.3. The maximum atomic E-state index is 12.1. The van der Waals surface area contributed by atoms with Crippen molar-refractivity contribution in [1.82, 2.24) is 4.90 Å². The third-order valence-corrected chi connectivity index (χ3v) is 4.34. The molecule has 0 aromatic heterocycles. The number of aliphatic hydroxyl groups is 1. The Hall–Kier alpha value is -1.14. The van der Waals surface area contributed by atoms with Gasteiger partial charge in [0.1, 0.15) is 0 Å². The number of nitrogens with zero attached hydrogens (tertiary/aromatic N) is 1. The molecule has 2 saturated heterocycles. The smallest absolute Gasteiger partial charge is 0.335 e. The number of ether oxygens (including phenoxy) is 1. The monoisotopic (exact) mass is 285 g/mol. The summed E-state index contributed by atoms with van der Waals surface area (Å²) in [7, 11) is 0. The van der Waals surface area contributed by atoms with E-state index >= 15 is 0 Å². The largest absolute Gasteiger partial charge is 0.479 e. The summed E-state index contributed by atoms with van der Waals surface area (Å²) in [6, 6.07) is 0. The van der Waals surface area contributed by atoms with Gasteiger partial charge in [0.2, 0.25) is 5.91 Å². The Morgan fingerprint density at radius 1 is 1.30 bits per heavy atom. The minimum atomic E-state index is -1.67. The van der Waals surface area contributed by atoms with Crippen LogP contribution in [0.4, 0.5) is 0 Å². The summed E-state index contributed by atoms with van der Waals surface area (Å²) >= 11 is 0. The highest BCUT2D eigenvalue weighted by Crippen LogP contribution is 2.25. The number of likely N-dealkylation sites (tertiary alicyclic amines) is 1. The van der Waals surface area contributed by atoms with E-state index in [2.05, 4.69) is 0 Å². The van der Waals surface area contributed by atoms with Gasteiger partial charge in [0.15, 0.2) is 5.60 Å². The van der Waals surface area contributed by atoms with Crippen molar-refractivity contribution in [2.24, 2.45) is 0 Å². The highest BCUT2D eigenvalue weighted by atomic mass is 16.5. The van der Waals surface area contributed by atoms with E-state index in [1.165, 1.54) is 0 Å². The quantitative estimate of drug-likeness (QED) is 0.796. The van der Waals surface area contributed by atoms with Crippen LogP contribution < -0.4 is 0 Å². The molecule has 2 rings (SSSR count). The molecule has 114 valence electrons.